The van der Waals surface area contributed by atoms with Gasteiger partial charge in [-0.1, -0.05) is 0 Å². The molecule has 0 aliphatic heterocycles. The number of carbonyl (C=O) groups is 1. The van der Waals surface area contributed by atoms with Crippen LogP contribution >= 0.6 is 0 Å². The molecule has 0 radical (unpaired) electrons. The molecule has 1 aromatic rings. The molecule has 0 aliphatic carbocycles. The first kappa shape index (κ1) is 12.6. The number of nitrogens with one attached hydrogen (secondary N) is 1. The molecule has 1 heterocycles. The molecule has 0 spiro atoms. The van der Waals surface area contributed by atoms with Gasteiger partial charge in [0.1, 0.15) is 0 Å². The van der Waals surface area contributed by atoms with E-state index in [0.29, 0.717) is 5.56 Å². The second kappa shape index (κ2) is 4.61. The number of aliphatic hydroxyl groups excluding tert-OH is 1. The van der Waals surface area contributed by atoms with Crippen LogP contribution in [0.3, 0.4) is 0 Å². The molecule has 1 amide bonds. The van der Waals surface area contributed by atoms with Gasteiger partial charge < -0.3 is 10.4 Å². The SMILES string of the molecule is Cc1ccc(C(=O)NC(C)(C)C(C)O)cn1. The largest absolute Gasteiger partial charge is 0.391 e. The normalized spacial score (nSPS) is 13.3. The molecular formula is C12H18N2O2. The Bertz CT molecular complexity index is 369. The van der Waals surface area contributed by atoms with Gasteiger partial charge in [0, 0.05) is 11.9 Å². The first-order chi connectivity index (χ1) is 7.33. The fraction of sp³-hybridized carbons (Fsp3) is 0.500. The summed E-state index contributed by atoms with van der Waals surface area (Å²) in [6.07, 6.45) is 0.915. The minimum Gasteiger partial charge on any atom is -0.391 e. The predicted molar refractivity (Wildman–Crippen MR) is 62.2 cm³/mol. The molecule has 88 valence electrons. The van der Waals surface area contributed by atoms with Gasteiger partial charge in [-0.15, -0.1) is 0 Å². The number of amides is 1. The van der Waals surface area contributed by atoms with Crippen LogP contribution in [0.5, 0.6) is 0 Å². The Labute approximate surface area is 95.7 Å². The van der Waals surface area contributed by atoms with Crippen LogP contribution in [0.15, 0.2) is 18.3 Å². The van der Waals surface area contributed by atoms with Crippen LogP contribution in [0.4, 0.5) is 0 Å². The van der Waals surface area contributed by atoms with Gasteiger partial charge in [-0.25, -0.2) is 0 Å². The summed E-state index contributed by atoms with van der Waals surface area (Å²) >= 11 is 0. The molecule has 1 aromatic heterocycles. The molecular weight excluding hydrogens is 204 g/mol. The zero-order valence-corrected chi connectivity index (χ0v) is 10.1. The summed E-state index contributed by atoms with van der Waals surface area (Å²) in [4.78, 5) is 15.9. The van der Waals surface area contributed by atoms with Crippen molar-refractivity contribution in [3.8, 4) is 0 Å². The fourth-order valence-electron chi connectivity index (χ4n) is 1.07. The van der Waals surface area contributed by atoms with Crippen molar-refractivity contribution in [3.63, 3.8) is 0 Å². The molecule has 4 nitrogen and oxygen atoms in total. The Kier molecular flexibility index (Phi) is 3.65. The summed E-state index contributed by atoms with van der Waals surface area (Å²) in [6.45, 7) is 7.06. The lowest BCUT2D eigenvalue weighted by molar-refractivity contribution is 0.0709. The van der Waals surface area contributed by atoms with E-state index >= 15 is 0 Å². The van der Waals surface area contributed by atoms with E-state index in [1.807, 2.05) is 6.92 Å². The maximum atomic E-state index is 11.8. The monoisotopic (exact) mass is 222 g/mol. The number of hydrogen-bond donors (Lipinski definition) is 2. The summed E-state index contributed by atoms with van der Waals surface area (Å²) in [6, 6.07) is 3.50. The van der Waals surface area contributed by atoms with E-state index in [-0.39, 0.29) is 5.91 Å². The van der Waals surface area contributed by atoms with Gasteiger partial charge in [-0.05, 0) is 39.8 Å². The van der Waals surface area contributed by atoms with Gasteiger partial charge in [0.05, 0.1) is 17.2 Å². The Balaban J connectivity index is 2.77. The molecule has 4 heteroatoms. The third-order valence-electron chi connectivity index (χ3n) is 2.65. The standard InChI is InChI=1S/C12H18N2O2/c1-8-5-6-10(7-13-8)11(16)14-12(3,4)9(2)15/h5-7,9,15H,1-4H3,(H,14,16). The quantitative estimate of drug-likeness (QED) is 0.809. The smallest absolute Gasteiger partial charge is 0.253 e. The maximum absolute atomic E-state index is 11.8. The average molecular weight is 222 g/mol. The molecule has 1 rings (SSSR count). The minimum atomic E-state index is -0.651. The second-order valence-corrected chi connectivity index (χ2v) is 4.54. The van der Waals surface area contributed by atoms with Crippen molar-refractivity contribution in [3.05, 3.63) is 29.6 Å². The molecule has 2 N–H and O–H groups in total. The number of aryl methyl sites for hydroxylation is 1. The number of rotatable bonds is 3. The topological polar surface area (TPSA) is 62.2 Å². The van der Waals surface area contributed by atoms with E-state index in [0.717, 1.165) is 5.69 Å². The number of pyridine rings is 1. The highest BCUT2D eigenvalue weighted by Crippen LogP contribution is 2.10. The lowest BCUT2D eigenvalue weighted by Gasteiger charge is -2.29. The number of hydrogen-bond acceptors (Lipinski definition) is 3. The number of aliphatic hydroxyl groups is 1. The van der Waals surface area contributed by atoms with Crippen LogP contribution in [0.25, 0.3) is 0 Å². The van der Waals surface area contributed by atoms with E-state index in [1.165, 1.54) is 6.20 Å². The van der Waals surface area contributed by atoms with Crippen molar-refractivity contribution in [1.29, 1.82) is 0 Å². The maximum Gasteiger partial charge on any atom is 0.253 e. The zero-order chi connectivity index (χ0) is 12.3. The van der Waals surface area contributed by atoms with Crippen LogP contribution < -0.4 is 5.32 Å². The van der Waals surface area contributed by atoms with E-state index in [4.69, 9.17) is 0 Å². The Hall–Kier alpha value is -1.42. The van der Waals surface area contributed by atoms with Crippen molar-refractivity contribution in [1.82, 2.24) is 10.3 Å². The molecule has 0 saturated heterocycles. The van der Waals surface area contributed by atoms with E-state index in [9.17, 15) is 9.90 Å². The second-order valence-electron chi connectivity index (χ2n) is 4.54. The summed E-state index contributed by atoms with van der Waals surface area (Å²) in [7, 11) is 0. The summed E-state index contributed by atoms with van der Waals surface area (Å²) < 4.78 is 0. The van der Waals surface area contributed by atoms with Gasteiger partial charge in [-0.2, -0.15) is 0 Å². The average Bonchev–Trinajstić information content (AvgIpc) is 2.17. The fourth-order valence-corrected chi connectivity index (χ4v) is 1.07. The van der Waals surface area contributed by atoms with Crippen LogP contribution in [0, 0.1) is 6.92 Å². The van der Waals surface area contributed by atoms with Crippen molar-refractivity contribution in [2.24, 2.45) is 0 Å². The van der Waals surface area contributed by atoms with Crippen LogP contribution in [0.1, 0.15) is 36.8 Å². The van der Waals surface area contributed by atoms with Crippen LogP contribution in [-0.2, 0) is 0 Å². The highest BCUT2D eigenvalue weighted by molar-refractivity contribution is 5.94. The van der Waals surface area contributed by atoms with Crippen molar-refractivity contribution in [2.75, 3.05) is 0 Å². The van der Waals surface area contributed by atoms with Crippen molar-refractivity contribution >= 4 is 5.91 Å². The van der Waals surface area contributed by atoms with Crippen molar-refractivity contribution in [2.45, 2.75) is 39.3 Å². The van der Waals surface area contributed by atoms with E-state index < -0.39 is 11.6 Å². The molecule has 0 aliphatic rings. The molecule has 0 saturated carbocycles. The summed E-state index contributed by atoms with van der Waals surface area (Å²) in [5.41, 5.74) is 0.716. The Morgan fingerprint density at radius 2 is 2.12 bits per heavy atom. The van der Waals surface area contributed by atoms with Gasteiger partial charge >= 0.3 is 0 Å². The molecule has 16 heavy (non-hydrogen) atoms. The predicted octanol–water partition coefficient (Wildman–Crippen LogP) is 1.28. The Morgan fingerprint density at radius 1 is 1.50 bits per heavy atom. The lowest BCUT2D eigenvalue weighted by atomic mass is 9.98. The highest BCUT2D eigenvalue weighted by atomic mass is 16.3. The van der Waals surface area contributed by atoms with E-state index in [1.54, 1.807) is 32.9 Å². The summed E-state index contributed by atoms with van der Waals surface area (Å²) in [5.74, 6) is -0.224. The number of carbonyl (C=O) groups excluding carboxylic acids is 1. The molecule has 0 bridgehead atoms. The van der Waals surface area contributed by atoms with Crippen molar-refractivity contribution < 1.29 is 9.90 Å². The summed E-state index contributed by atoms with van der Waals surface area (Å²) in [5, 5.41) is 12.3. The molecule has 1 unspecified atom stereocenters. The number of aromatic nitrogens is 1. The van der Waals surface area contributed by atoms with Gasteiger partial charge in [0.2, 0.25) is 0 Å². The minimum absolute atomic E-state index is 0.224. The third kappa shape index (κ3) is 3.03. The lowest BCUT2D eigenvalue weighted by Crippen LogP contribution is -2.51. The molecule has 0 aromatic carbocycles. The van der Waals surface area contributed by atoms with Crippen LogP contribution in [-0.4, -0.2) is 27.6 Å². The number of nitrogens with zero attached hydrogens (tertiary/aromatic N) is 1. The first-order valence-corrected chi connectivity index (χ1v) is 5.26. The zero-order valence-electron chi connectivity index (χ0n) is 10.1. The highest BCUT2D eigenvalue weighted by Gasteiger charge is 2.26. The van der Waals surface area contributed by atoms with Crippen LogP contribution in [0.2, 0.25) is 0 Å². The molecule has 0 fully saturated rings. The third-order valence-corrected chi connectivity index (χ3v) is 2.65. The van der Waals surface area contributed by atoms with Gasteiger partial charge in [0.15, 0.2) is 0 Å². The molecule has 1 atom stereocenters. The van der Waals surface area contributed by atoms with Gasteiger partial charge in [-0.3, -0.25) is 9.78 Å². The Morgan fingerprint density at radius 3 is 2.56 bits per heavy atom. The van der Waals surface area contributed by atoms with E-state index in [2.05, 4.69) is 10.3 Å². The first-order valence-electron chi connectivity index (χ1n) is 5.26. The van der Waals surface area contributed by atoms with Gasteiger partial charge in [0.25, 0.3) is 5.91 Å².